The van der Waals surface area contributed by atoms with Gasteiger partial charge in [0, 0.05) is 6.08 Å². The van der Waals surface area contributed by atoms with Crippen molar-refractivity contribution in [1.29, 1.82) is 0 Å². The molecule has 0 spiro atoms. The number of rotatable bonds is 10. The van der Waals surface area contributed by atoms with Gasteiger partial charge in [-0.3, -0.25) is 0 Å². The highest BCUT2D eigenvalue weighted by atomic mass is 16.4. The summed E-state index contributed by atoms with van der Waals surface area (Å²) in [6.07, 6.45) is 13.1. The van der Waals surface area contributed by atoms with Crippen molar-refractivity contribution >= 4 is 5.97 Å². The highest BCUT2D eigenvalue weighted by Gasteiger charge is 1.99. The van der Waals surface area contributed by atoms with Crippen LogP contribution >= 0.6 is 0 Å². The van der Waals surface area contributed by atoms with Crippen molar-refractivity contribution in [1.82, 2.24) is 0 Å². The zero-order chi connectivity index (χ0) is 12.2. The molecule has 1 unspecified atom stereocenters. The Morgan fingerprint density at radius 3 is 2.44 bits per heavy atom. The molecule has 0 saturated carbocycles. The van der Waals surface area contributed by atoms with Gasteiger partial charge in [-0.15, -0.1) is 0 Å². The zero-order valence-corrected chi connectivity index (χ0v) is 10.7. The van der Waals surface area contributed by atoms with E-state index in [9.17, 15) is 4.79 Å². The van der Waals surface area contributed by atoms with Gasteiger partial charge in [0.25, 0.3) is 0 Å². The SMILES string of the molecule is CCCCCCCCC(C)CC=CC(=O)O. The van der Waals surface area contributed by atoms with Crippen molar-refractivity contribution in [2.45, 2.75) is 65.2 Å². The molecular weight excluding hydrogens is 200 g/mol. The standard InChI is InChI=1S/C14H26O2/c1-3-4-5-6-7-8-10-13(2)11-9-12-14(15)16/h9,12-13H,3-8,10-11H2,1-2H3,(H,15,16). The van der Waals surface area contributed by atoms with Crippen molar-refractivity contribution < 1.29 is 9.90 Å². The maximum absolute atomic E-state index is 10.3. The smallest absolute Gasteiger partial charge is 0.327 e. The molecule has 0 saturated heterocycles. The molecule has 0 aliphatic rings. The molecule has 0 aliphatic carbocycles. The summed E-state index contributed by atoms with van der Waals surface area (Å²) in [7, 11) is 0. The van der Waals surface area contributed by atoms with Gasteiger partial charge >= 0.3 is 5.97 Å². The van der Waals surface area contributed by atoms with E-state index in [1.165, 1.54) is 51.0 Å². The summed E-state index contributed by atoms with van der Waals surface area (Å²) in [5.74, 6) is -0.228. The van der Waals surface area contributed by atoms with Crippen molar-refractivity contribution in [3.63, 3.8) is 0 Å². The number of unbranched alkanes of at least 4 members (excludes halogenated alkanes) is 5. The maximum Gasteiger partial charge on any atom is 0.327 e. The van der Waals surface area contributed by atoms with E-state index in [1.807, 2.05) is 0 Å². The molecule has 0 bridgehead atoms. The largest absolute Gasteiger partial charge is 0.478 e. The molecule has 2 nitrogen and oxygen atoms in total. The highest BCUT2D eigenvalue weighted by molar-refractivity contribution is 5.79. The fourth-order valence-corrected chi connectivity index (χ4v) is 1.79. The molecule has 0 heterocycles. The van der Waals surface area contributed by atoms with Gasteiger partial charge in [0.15, 0.2) is 0 Å². The van der Waals surface area contributed by atoms with Crippen LogP contribution in [0.15, 0.2) is 12.2 Å². The number of aliphatic carboxylic acids is 1. The lowest BCUT2D eigenvalue weighted by Gasteiger charge is -2.07. The van der Waals surface area contributed by atoms with E-state index in [1.54, 1.807) is 6.08 Å². The molecule has 1 atom stereocenters. The van der Waals surface area contributed by atoms with Crippen LogP contribution in [0, 0.1) is 5.92 Å². The Morgan fingerprint density at radius 1 is 1.19 bits per heavy atom. The molecule has 2 heteroatoms. The van der Waals surface area contributed by atoms with Gasteiger partial charge in [0.1, 0.15) is 0 Å². The quantitative estimate of drug-likeness (QED) is 0.442. The topological polar surface area (TPSA) is 37.3 Å². The minimum Gasteiger partial charge on any atom is -0.478 e. The van der Waals surface area contributed by atoms with Gasteiger partial charge in [-0.05, 0) is 12.3 Å². The lowest BCUT2D eigenvalue weighted by atomic mass is 9.99. The zero-order valence-electron chi connectivity index (χ0n) is 10.7. The van der Waals surface area contributed by atoms with Crippen molar-refractivity contribution in [2.24, 2.45) is 5.92 Å². The Morgan fingerprint density at radius 2 is 1.81 bits per heavy atom. The summed E-state index contributed by atoms with van der Waals surface area (Å²) in [6.45, 7) is 4.43. The second-order valence-electron chi connectivity index (χ2n) is 4.64. The number of carboxylic acids is 1. The van der Waals surface area contributed by atoms with Gasteiger partial charge in [-0.25, -0.2) is 4.79 Å². The summed E-state index contributed by atoms with van der Waals surface area (Å²) in [5.41, 5.74) is 0. The van der Waals surface area contributed by atoms with E-state index in [2.05, 4.69) is 13.8 Å². The predicted octanol–water partition coefficient (Wildman–Crippen LogP) is 4.40. The van der Waals surface area contributed by atoms with Crippen LogP contribution in [-0.4, -0.2) is 11.1 Å². The Balaban J connectivity index is 3.30. The van der Waals surface area contributed by atoms with Crippen LogP contribution in [0.3, 0.4) is 0 Å². The first kappa shape index (κ1) is 15.2. The van der Waals surface area contributed by atoms with E-state index in [0.717, 1.165) is 6.42 Å². The third kappa shape index (κ3) is 11.3. The third-order valence-electron chi connectivity index (χ3n) is 2.85. The first-order valence-electron chi connectivity index (χ1n) is 6.56. The van der Waals surface area contributed by atoms with Crippen LogP contribution in [-0.2, 0) is 4.79 Å². The van der Waals surface area contributed by atoms with Gasteiger partial charge in [0.2, 0.25) is 0 Å². The molecule has 0 rings (SSSR count). The van der Waals surface area contributed by atoms with Gasteiger partial charge in [-0.1, -0.05) is 64.9 Å². The van der Waals surface area contributed by atoms with Gasteiger partial charge < -0.3 is 5.11 Å². The number of hydrogen-bond donors (Lipinski definition) is 1. The molecule has 0 radical (unpaired) electrons. The Kier molecular flexibility index (Phi) is 10.2. The first-order chi connectivity index (χ1) is 7.66. The van der Waals surface area contributed by atoms with Crippen LogP contribution in [0.4, 0.5) is 0 Å². The highest BCUT2D eigenvalue weighted by Crippen LogP contribution is 2.14. The molecule has 0 amide bonds. The minimum atomic E-state index is -0.841. The molecule has 0 aliphatic heterocycles. The average Bonchev–Trinajstić information content (AvgIpc) is 2.22. The second kappa shape index (κ2) is 10.7. The Bertz CT molecular complexity index is 197. The van der Waals surface area contributed by atoms with Crippen LogP contribution in [0.25, 0.3) is 0 Å². The van der Waals surface area contributed by atoms with E-state index < -0.39 is 5.97 Å². The predicted molar refractivity (Wildman–Crippen MR) is 68.5 cm³/mol. The number of hydrogen-bond acceptors (Lipinski definition) is 1. The van der Waals surface area contributed by atoms with Crippen molar-refractivity contribution in [3.05, 3.63) is 12.2 Å². The minimum absolute atomic E-state index is 0.613. The van der Waals surface area contributed by atoms with E-state index >= 15 is 0 Å². The van der Waals surface area contributed by atoms with E-state index in [-0.39, 0.29) is 0 Å². The average molecular weight is 226 g/mol. The molecule has 0 aromatic rings. The van der Waals surface area contributed by atoms with Crippen LogP contribution < -0.4 is 0 Å². The first-order valence-corrected chi connectivity index (χ1v) is 6.56. The molecule has 0 aromatic heterocycles. The number of carbonyl (C=O) groups is 1. The summed E-state index contributed by atoms with van der Waals surface area (Å²) in [6, 6.07) is 0. The van der Waals surface area contributed by atoms with Gasteiger partial charge in [0.05, 0.1) is 0 Å². The molecule has 16 heavy (non-hydrogen) atoms. The molecule has 0 fully saturated rings. The van der Waals surface area contributed by atoms with Crippen molar-refractivity contribution in [3.8, 4) is 0 Å². The molecular formula is C14H26O2. The number of allylic oxidation sites excluding steroid dienone is 1. The second-order valence-corrected chi connectivity index (χ2v) is 4.64. The normalized spacial score (nSPS) is 13.1. The van der Waals surface area contributed by atoms with Crippen LogP contribution in [0.5, 0.6) is 0 Å². The molecule has 1 N–H and O–H groups in total. The maximum atomic E-state index is 10.3. The van der Waals surface area contributed by atoms with Gasteiger partial charge in [-0.2, -0.15) is 0 Å². The fourth-order valence-electron chi connectivity index (χ4n) is 1.79. The molecule has 94 valence electrons. The summed E-state index contributed by atoms with van der Waals surface area (Å²) >= 11 is 0. The fraction of sp³-hybridized carbons (Fsp3) is 0.786. The summed E-state index contributed by atoms with van der Waals surface area (Å²) < 4.78 is 0. The van der Waals surface area contributed by atoms with E-state index in [0.29, 0.717) is 5.92 Å². The van der Waals surface area contributed by atoms with Crippen LogP contribution in [0.2, 0.25) is 0 Å². The molecule has 0 aromatic carbocycles. The third-order valence-corrected chi connectivity index (χ3v) is 2.85. The Hall–Kier alpha value is -0.790. The van der Waals surface area contributed by atoms with E-state index in [4.69, 9.17) is 5.11 Å². The summed E-state index contributed by atoms with van der Waals surface area (Å²) in [5, 5.41) is 8.44. The monoisotopic (exact) mass is 226 g/mol. The van der Waals surface area contributed by atoms with Crippen LogP contribution in [0.1, 0.15) is 65.2 Å². The number of carboxylic acid groups (broad SMARTS) is 1. The Labute approximate surface area is 99.7 Å². The lowest BCUT2D eigenvalue weighted by Crippen LogP contribution is -1.94. The lowest BCUT2D eigenvalue weighted by molar-refractivity contribution is -0.131. The summed E-state index contributed by atoms with van der Waals surface area (Å²) in [4.78, 5) is 10.3. The van der Waals surface area contributed by atoms with Crippen molar-refractivity contribution in [2.75, 3.05) is 0 Å².